The summed E-state index contributed by atoms with van der Waals surface area (Å²) in [4.78, 5) is 44.3. The van der Waals surface area contributed by atoms with Crippen LogP contribution in [0.5, 0.6) is 0 Å². The lowest BCUT2D eigenvalue weighted by Crippen LogP contribution is -2.55. The molecule has 12 heteroatoms. The number of anilines is 1. The van der Waals surface area contributed by atoms with Gasteiger partial charge in [0.05, 0.1) is 27.8 Å². The number of piperazine rings is 1. The minimum atomic E-state index is -0.630. The Morgan fingerprint density at radius 1 is 1.10 bits per heavy atom. The number of ether oxygens (including phenoxy) is 1. The van der Waals surface area contributed by atoms with Crippen molar-refractivity contribution < 1.29 is 9.53 Å². The standard InChI is InChI=1S/C29H35Cl2N7O3/c1-15(2)21-24(22(16(3)4)34-14-33-21)38-26-18(11-20(30)25(31)35-26)23(19(12-32)27(38)39)36-9-10-37(17(5)13-36)28(40)41-29(6,7)8/h11,14-17H,9-10,13H2,1-8H3/t17-/m1/s1. The summed E-state index contributed by atoms with van der Waals surface area (Å²) in [6, 6.07) is 3.52. The Morgan fingerprint density at radius 2 is 1.71 bits per heavy atom. The molecule has 41 heavy (non-hydrogen) atoms. The van der Waals surface area contributed by atoms with Crippen molar-refractivity contribution in [3.63, 3.8) is 0 Å². The summed E-state index contributed by atoms with van der Waals surface area (Å²) in [5, 5.41) is 11.1. The molecule has 1 aliphatic heterocycles. The van der Waals surface area contributed by atoms with Crippen molar-refractivity contribution in [2.45, 2.75) is 78.9 Å². The SMILES string of the molecule is CC(C)c1ncnc(C(C)C)c1-n1c(=O)c(C#N)c(N2CCN(C(=O)OC(C)(C)C)[C@H](C)C2)c2cc(Cl)c(Cl)nc21. The maximum Gasteiger partial charge on any atom is 0.410 e. The highest BCUT2D eigenvalue weighted by atomic mass is 35.5. The second-order valence-corrected chi connectivity index (χ2v) is 12.6. The number of pyridine rings is 2. The molecule has 1 amide bonds. The van der Waals surface area contributed by atoms with Crippen LogP contribution in [0.3, 0.4) is 0 Å². The van der Waals surface area contributed by atoms with E-state index in [0.717, 1.165) is 0 Å². The highest BCUT2D eigenvalue weighted by molar-refractivity contribution is 6.41. The normalized spacial score (nSPS) is 16.0. The van der Waals surface area contributed by atoms with Crippen LogP contribution in [0.4, 0.5) is 10.5 Å². The lowest BCUT2D eigenvalue weighted by Gasteiger charge is -2.41. The van der Waals surface area contributed by atoms with Crippen LogP contribution in [0.25, 0.3) is 16.7 Å². The number of fused-ring (bicyclic) bond motifs is 1. The summed E-state index contributed by atoms with van der Waals surface area (Å²) in [7, 11) is 0. The predicted molar refractivity (Wildman–Crippen MR) is 160 cm³/mol. The first-order chi connectivity index (χ1) is 19.2. The summed E-state index contributed by atoms with van der Waals surface area (Å²) in [6.45, 7) is 16.3. The fourth-order valence-corrected chi connectivity index (χ4v) is 5.40. The quantitative estimate of drug-likeness (QED) is 0.333. The summed E-state index contributed by atoms with van der Waals surface area (Å²) < 4.78 is 6.99. The van der Waals surface area contributed by atoms with E-state index in [-0.39, 0.29) is 39.3 Å². The van der Waals surface area contributed by atoms with E-state index in [0.29, 0.717) is 47.8 Å². The Hall–Kier alpha value is -3.42. The smallest absolute Gasteiger partial charge is 0.410 e. The third kappa shape index (κ3) is 5.84. The molecule has 10 nitrogen and oxygen atoms in total. The van der Waals surface area contributed by atoms with E-state index >= 15 is 0 Å². The predicted octanol–water partition coefficient (Wildman–Crippen LogP) is 6.05. The minimum Gasteiger partial charge on any atom is -0.444 e. The zero-order chi connectivity index (χ0) is 30.4. The maximum absolute atomic E-state index is 14.3. The fourth-order valence-electron chi connectivity index (χ4n) is 5.12. The zero-order valence-corrected chi connectivity index (χ0v) is 26.1. The van der Waals surface area contributed by atoms with Crippen molar-refractivity contribution in [3.05, 3.63) is 49.9 Å². The average Bonchev–Trinajstić information content (AvgIpc) is 2.87. The zero-order valence-electron chi connectivity index (χ0n) is 24.6. The first kappa shape index (κ1) is 30.5. The summed E-state index contributed by atoms with van der Waals surface area (Å²) in [5.74, 6) is -0.107. The van der Waals surface area contributed by atoms with Gasteiger partial charge in [-0.25, -0.2) is 19.7 Å². The van der Waals surface area contributed by atoms with Crippen LogP contribution in [0.1, 0.15) is 84.2 Å². The average molecular weight is 601 g/mol. The van der Waals surface area contributed by atoms with Crippen LogP contribution in [-0.4, -0.2) is 61.8 Å². The molecule has 1 aliphatic rings. The van der Waals surface area contributed by atoms with Crippen molar-refractivity contribution in [1.82, 2.24) is 24.4 Å². The molecular formula is C29H35Cl2N7O3. The first-order valence-corrected chi connectivity index (χ1v) is 14.4. The summed E-state index contributed by atoms with van der Waals surface area (Å²) in [6.07, 6.45) is 1.08. The summed E-state index contributed by atoms with van der Waals surface area (Å²) in [5.41, 5.74) is 1.19. The molecule has 0 bridgehead atoms. The molecule has 0 aromatic carbocycles. The summed E-state index contributed by atoms with van der Waals surface area (Å²) >= 11 is 12.9. The van der Waals surface area contributed by atoms with E-state index in [2.05, 4.69) is 21.0 Å². The van der Waals surface area contributed by atoms with Crippen molar-refractivity contribution >= 4 is 46.0 Å². The molecule has 0 aliphatic carbocycles. The number of hydrogen-bond donors (Lipinski definition) is 0. The third-order valence-corrected chi connectivity index (χ3v) is 7.59. The molecule has 3 aromatic heterocycles. The van der Waals surface area contributed by atoms with Gasteiger partial charge in [0.1, 0.15) is 28.7 Å². The minimum absolute atomic E-state index is 0.0279. The number of amides is 1. The van der Waals surface area contributed by atoms with Crippen LogP contribution in [0, 0.1) is 11.3 Å². The van der Waals surface area contributed by atoms with Gasteiger partial charge in [0.2, 0.25) is 0 Å². The monoisotopic (exact) mass is 599 g/mol. The van der Waals surface area contributed by atoms with Gasteiger partial charge in [-0.1, -0.05) is 50.9 Å². The lowest BCUT2D eigenvalue weighted by atomic mass is 10.0. The van der Waals surface area contributed by atoms with Gasteiger partial charge < -0.3 is 14.5 Å². The fraction of sp³-hybridized carbons (Fsp3) is 0.517. The Bertz CT molecular complexity index is 1580. The van der Waals surface area contributed by atoms with Crippen LogP contribution in [-0.2, 0) is 4.74 Å². The van der Waals surface area contributed by atoms with E-state index < -0.39 is 17.3 Å². The van der Waals surface area contributed by atoms with Gasteiger partial charge in [0, 0.05) is 31.1 Å². The van der Waals surface area contributed by atoms with Crippen LogP contribution in [0.2, 0.25) is 10.2 Å². The number of nitrogens with zero attached hydrogens (tertiary/aromatic N) is 7. The number of carbonyl (C=O) groups excluding carboxylic acids is 1. The molecule has 0 unspecified atom stereocenters. The highest BCUT2D eigenvalue weighted by Gasteiger charge is 2.34. The Balaban J connectivity index is 1.98. The van der Waals surface area contributed by atoms with Crippen LogP contribution >= 0.6 is 23.2 Å². The number of rotatable bonds is 4. The number of aromatic nitrogens is 4. The van der Waals surface area contributed by atoms with Crippen LogP contribution < -0.4 is 10.5 Å². The molecular weight excluding hydrogens is 565 g/mol. The van der Waals surface area contributed by atoms with Crippen LogP contribution in [0.15, 0.2) is 17.2 Å². The molecule has 0 N–H and O–H groups in total. The van der Waals surface area contributed by atoms with Crippen molar-refractivity contribution in [2.24, 2.45) is 0 Å². The van der Waals surface area contributed by atoms with E-state index in [1.165, 1.54) is 10.9 Å². The van der Waals surface area contributed by atoms with Gasteiger partial charge >= 0.3 is 6.09 Å². The molecule has 3 aromatic rings. The number of hydrogen-bond acceptors (Lipinski definition) is 8. The van der Waals surface area contributed by atoms with Crippen molar-refractivity contribution in [1.29, 1.82) is 5.26 Å². The number of halogens is 2. The van der Waals surface area contributed by atoms with Crippen molar-refractivity contribution in [3.8, 4) is 11.8 Å². The molecule has 1 fully saturated rings. The van der Waals surface area contributed by atoms with E-state index in [9.17, 15) is 14.9 Å². The van der Waals surface area contributed by atoms with Gasteiger partial charge in [-0.15, -0.1) is 0 Å². The topological polar surface area (TPSA) is 117 Å². The number of nitriles is 1. The molecule has 0 spiro atoms. The van der Waals surface area contributed by atoms with Gasteiger partial charge in [0.25, 0.3) is 5.56 Å². The van der Waals surface area contributed by atoms with E-state index in [1.54, 1.807) is 11.0 Å². The molecule has 1 atom stereocenters. The maximum atomic E-state index is 14.3. The third-order valence-electron chi connectivity index (χ3n) is 6.91. The molecule has 4 rings (SSSR count). The molecule has 1 saturated heterocycles. The van der Waals surface area contributed by atoms with E-state index in [1.807, 2.05) is 60.3 Å². The Labute approximate surface area is 249 Å². The molecule has 4 heterocycles. The second-order valence-electron chi connectivity index (χ2n) is 11.9. The first-order valence-electron chi connectivity index (χ1n) is 13.6. The van der Waals surface area contributed by atoms with E-state index in [4.69, 9.17) is 27.9 Å². The Kier molecular flexibility index (Phi) is 8.53. The molecule has 218 valence electrons. The Morgan fingerprint density at radius 3 is 2.22 bits per heavy atom. The van der Waals surface area contributed by atoms with Gasteiger partial charge in [0.15, 0.2) is 5.65 Å². The largest absolute Gasteiger partial charge is 0.444 e. The molecule has 0 saturated carbocycles. The number of carbonyl (C=O) groups is 1. The highest BCUT2D eigenvalue weighted by Crippen LogP contribution is 2.37. The van der Waals surface area contributed by atoms with Gasteiger partial charge in [-0.3, -0.25) is 9.36 Å². The lowest BCUT2D eigenvalue weighted by molar-refractivity contribution is 0.0159. The molecule has 0 radical (unpaired) electrons. The second kappa shape index (κ2) is 11.5. The van der Waals surface area contributed by atoms with Crippen molar-refractivity contribution in [2.75, 3.05) is 24.5 Å². The van der Waals surface area contributed by atoms with Gasteiger partial charge in [-0.05, 0) is 45.6 Å². The van der Waals surface area contributed by atoms with Gasteiger partial charge in [-0.2, -0.15) is 5.26 Å².